The minimum atomic E-state index is -4.44. The van der Waals surface area contributed by atoms with Gasteiger partial charge in [-0.15, -0.1) is 0 Å². The van der Waals surface area contributed by atoms with Gasteiger partial charge in [0.1, 0.15) is 11.6 Å². The molecule has 1 saturated carbocycles. The van der Waals surface area contributed by atoms with E-state index >= 15 is 0 Å². The molecule has 2 fully saturated rings. The number of anilines is 3. The van der Waals surface area contributed by atoms with Crippen LogP contribution in [0.4, 0.5) is 30.5 Å². The average Bonchev–Trinajstić information content (AvgIpc) is 3.36. The number of aromatic nitrogens is 3. The molecule has 5 rings (SSSR count). The lowest BCUT2D eigenvalue weighted by Crippen LogP contribution is -2.10. The van der Waals surface area contributed by atoms with E-state index in [-0.39, 0.29) is 18.0 Å². The summed E-state index contributed by atoms with van der Waals surface area (Å²) in [6, 6.07) is 7.00. The van der Waals surface area contributed by atoms with Crippen molar-refractivity contribution in [2.24, 2.45) is 0 Å². The Kier molecular flexibility index (Phi) is 4.65. The standard InChI is InChI=1S/C22H19F3N6O/c1-12-13(8-20(32)27-12)7-14-11-26-31-19(29-16-5-6-16)10-18(30-21(14)31)28-17-4-2-3-15(9-17)22(23,24)25/h2-4,7,9-11,16,29H,1,5-6,8H2,(H,27,32)(H,28,30). The third-order valence-corrected chi connectivity index (χ3v) is 5.25. The minimum absolute atomic E-state index is 0.131. The largest absolute Gasteiger partial charge is 0.416 e. The second-order valence-electron chi connectivity index (χ2n) is 7.86. The summed E-state index contributed by atoms with van der Waals surface area (Å²) in [4.78, 5) is 16.2. The van der Waals surface area contributed by atoms with Crippen molar-refractivity contribution in [3.63, 3.8) is 0 Å². The molecule has 1 aromatic carbocycles. The molecule has 0 radical (unpaired) electrons. The van der Waals surface area contributed by atoms with Crippen molar-refractivity contribution >= 4 is 35.0 Å². The van der Waals surface area contributed by atoms with E-state index in [1.165, 1.54) is 6.07 Å². The van der Waals surface area contributed by atoms with Gasteiger partial charge in [0.05, 0.1) is 18.2 Å². The zero-order chi connectivity index (χ0) is 22.5. The Balaban J connectivity index is 1.55. The molecule has 164 valence electrons. The average molecular weight is 440 g/mol. The topological polar surface area (TPSA) is 83.4 Å². The van der Waals surface area contributed by atoms with E-state index in [1.807, 2.05) is 0 Å². The fourth-order valence-corrected chi connectivity index (χ4v) is 3.50. The number of fused-ring (bicyclic) bond motifs is 1. The number of allylic oxidation sites excluding steroid dienone is 1. The zero-order valence-corrected chi connectivity index (χ0v) is 16.8. The molecule has 0 spiro atoms. The quantitative estimate of drug-likeness (QED) is 0.545. The molecular weight excluding hydrogens is 421 g/mol. The van der Waals surface area contributed by atoms with Gasteiger partial charge >= 0.3 is 6.18 Å². The van der Waals surface area contributed by atoms with Crippen LogP contribution in [-0.4, -0.2) is 26.5 Å². The van der Waals surface area contributed by atoms with Gasteiger partial charge in [-0.25, -0.2) is 4.98 Å². The van der Waals surface area contributed by atoms with E-state index in [9.17, 15) is 18.0 Å². The van der Waals surface area contributed by atoms with Gasteiger partial charge in [0.15, 0.2) is 5.65 Å². The van der Waals surface area contributed by atoms with Gasteiger partial charge in [0, 0.05) is 29.1 Å². The van der Waals surface area contributed by atoms with Crippen LogP contribution in [0.15, 0.2) is 54.4 Å². The monoisotopic (exact) mass is 440 g/mol. The number of halogens is 3. The van der Waals surface area contributed by atoms with Crippen LogP contribution in [0, 0.1) is 0 Å². The van der Waals surface area contributed by atoms with Gasteiger partial charge in [0.2, 0.25) is 5.91 Å². The van der Waals surface area contributed by atoms with Crippen LogP contribution in [0.5, 0.6) is 0 Å². The van der Waals surface area contributed by atoms with Crippen molar-refractivity contribution in [3.05, 3.63) is 65.5 Å². The Hall–Kier alpha value is -3.82. The van der Waals surface area contributed by atoms with E-state index in [0.717, 1.165) is 30.5 Å². The van der Waals surface area contributed by atoms with Crippen LogP contribution >= 0.6 is 0 Å². The van der Waals surface area contributed by atoms with Crippen molar-refractivity contribution < 1.29 is 18.0 Å². The summed E-state index contributed by atoms with van der Waals surface area (Å²) in [5.41, 5.74) is 1.97. The van der Waals surface area contributed by atoms with Crippen LogP contribution in [-0.2, 0) is 11.0 Å². The van der Waals surface area contributed by atoms with Gasteiger partial charge in [-0.05, 0) is 42.7 Å². The van der Waals surface area contributed by atoms with Gasteiger partial charge in [-0.2, -0.15) is 22.8 Å². The van der Waals surface area contributed by atoms with E-state index in [0.29, 0.717) is 34.6 Å². The predicted octanol–water partition coefficient (Wildman–Crippen LogP) is 4.48. The van der Waals surface area contributed by atoms with Crippen LogP contribution in [0.3, 0.4) is 0 Å². The number of amides is 1. The number of nitrogens with zero attached hydrogens (tertiary/aromatic N) is 3. The van der Waals surface area contributed by atoms with E-state index < -0.39 is 11.7 Å². The van der Waals surface area contributed by atoms with Crippen molar-refractivity contribution in [1.82, 2.24) is 19.9 Å². The van der Waals surface area contributed by atoms with Gasteiger partial charge in [0.25, 0.3) is 0 Å². The van der Waals surface area contributed by atoms with E-state index in [4.69, 9.17) is 0 Å². The van der Waals surface area contributed by atoms with E-state index in [2.05, 4.69) is 32.6 Å². The fourth-order valence-electron chi connectivity index (χ4n) is 3.50. The lowest BCUT2D eigenvalue weighted by atomic mass is 10.1. The number of rotatable bonds is 5. The molecule has 3 heterocycles. The van der Waals surface area contributed by atoms with Gasteiger partial charge in [-0.3, -0.25) is 4.79 Å². The second-order valence-corrected chi connectivity index (χ2v) is 7.86. The number of hydrogen-bond donors (Lipinski definition) is 3. The number of benzene rings is 1. The lowest BCUT2D eigenvalue weighted by Gasteiger charge is -2.13. The zero-order valence-electron chi connectivity index (χ0n) is 16.8. The van der Waals surface area contributed by atoms with Crippen LogP contribution < -0.4 is 16.0 Å². The molecule has 1 saturated heterocycles. The van der Waals surface area contributed by atoms with Crippen LogP contribution in [0.2, 0.25) is 0 Å². The summed E-state index contributed by atoms with van der Waals surface area (Å²) < 4.78 is 40.9. The summed E-state index contributed by atoms with van der Waals surface area (Å²) in [6.07, 6.45) is 1.28. The van der Waals surface area contributed by atoms with Gasteiger partial charge in [-0.1, -0.05) is 12.6 Å². The molecule has 3 aromatic rings. The summed E-state index contributed by atoms with van der Waals surface area (Å²) in [6.45, 7) is 3.85. The van der Waals surface area contributed by atoms with E-state index in [1.54, 1.807) is 28.9 Å². The maximum atomic E-state index is 13.1. The smallest absolute Gasteiger partial charge is 0.367 e. The third-order valence-electron chi connectivity index (χ3n) is 5.25. The molecule has 7 nitrogen and oxygen atoms in total. The van der Waals surface area contributed by atoms with Gasteiger partial charge < -0.3 is 16.0 Å². The number of carbonyl (C=O) groups excluding carboxylic acids is 1. The summed E-state index contributed by atoms with van der Waals surface area (Å²) >= 11 is 0. The Morgan fingerprint density at radius 3 is 2.75 bits per heavy atom. The molecular formula is C22H19F3N6O. The molecule has 0 unspecified atom stereocenters. The molecule has 1 amide bonds. The molecule has 2 aromatic heterocycles. The fraction of sp³-hybridized carbons (Fsp3) is 0.227. The summed E-state index contributed by atoms with van der Waals surface area (Å²) in [7, 11) is 0. The number of carbonyl (C=O) groups is 1. The first kappa shape index (κ1) is 20.1. The first-order chi connectivity index (χ1) is 15.3. The molecule has 1 aliphatic heterocycles. The van der Waals surface area contributed by atoms with Crippen LogP contribution in [0.25, 0.3) is 11.7 Å². The number of nitrogens with one attached hydrogen (secondary N) is 3. The van der Waals surface area contributed by atoms with Crippen molar-refractivity contribution in [1.29, 1.82) is 0 Å². The maximum Gasteiger partial charge on any atom is 0.416 e. The Labute approximate surface area is 181 Å². The highest BCUT2D eigenvalue weighted by Gasteiger charge is 2.30. The Morgan fingerprint density at radius 2 is 2.06 bits per heavy atom. The van der Waals surface area contributed by atoms with Crippen molar-refractivity contribution in [3.8, 4) is 0 Å². The Morgan fingerprint density at radius 1 is 1.25 bits per heavy atom. The highest BCUT2D eigenvalue weighted by atomic mass is 19.4. The second kappa shape index (κ2) is 7.40. The summed E-state index contributed by atoms with van der Waals surface area (Å²) in [5, 5.41) is 13.4. The molecule has 1 aliphatic carbocycles. The van der Waals surface area contributed by atoms with Crippen LogP contribution in [0.1, 0.15) is 30.4 Å². The molecule has 32 heavy (non-hydrogen) atoms. The number of alkyl halides is 3. The van der Waals surface area contributed by atoms with Crippen molar-refractivity contribution in [2.75, 3.05) is 10.6 Å². The minimum Gasteiger partial charge on any atom is -0.367 e. The SMILES string of the molecule is C=C1NC(=O)CC1=Cc1cnn2c(NC3CC3)cc(Nc3cccc(C(F)(F)F)c3)nc12. The number of hydrogen-bond acceptors (Lipinski definition) is 5. The van der Waals surface area contributed by atoms with Crippen molar-refractivity contribution in [2.45, 2.75) is 31.5 Å². The maximum absolute atomic E-state index is 13.1. The first-order valence-electron chi connectivity index (χ1n) is 10.1. The molecule has 3 N–H and O–H groups in total. The highest BCUT2D eigenvalue weighted by molar-refractivity contribution is 5.89. The normalized spacial score (nSPS) is 17.8. The molecule has 10 heteroatoms. The third kappa shape index (κ3) is 4.03. The molecule has 2 aliphatic rings. The lowest BCUT2D eigenvalue weighted by molar-refractivity contribution is -0.137. The highest BCUT2D eigenvalue weighted by Crippen LogP contribution is 2.33. The first-order valence-corrected chi connectivity index (χ1v) is 10.1. The predicted molar refractivity (Wildman–Crippen MR) is 114 cm³/mol. The molecule has 0 bridgehead atoms. The Bertz CT molecular complexity index is 1270. The molecule has 0 atom stereocenters. The summed E-state index contributed by atoms with van der Waals surface area (Å²) in [5.74, 6) is 0.921.